The molecular weight excluding hydrogens is 383 g/mol. The maximum absolute atomic E-state index is 12.5. The first kappa shape index (κ1) is 18.7. The predicted molar refractivity (Wildman–Crippen MR) is 108 cm³/mol. The van der Waals surface area contributed by atoms with Crippen LogP contribution in [0.25, 0.3) is 0 Å². The van der Waals surface area contributed by atoms with E-state index in [1.165, 1.54) is 0 Å². The van der Waals surface area contributed by atoms with Crippen molar-refractivity contribution in [2.45, 2.75) is 49.6 Å². The molecule has 0 saturated heterocycles. The number of rotatable bonds is 5. The van der Waals surface area contributed by atoms with E-state index < -0.39 is 0 Å². The van der Waals surface area contributed by atoms with Crippen LogP contribution >= 0.6 is 23.2 Å². The third kappa shape index (κ3) is 3.83. The average molecular weight is 407 g/mol. The quantitative estimate of drug-likeness (QED) is 0.768. The molecule has 0 spiro atoms. The zero-order valence-corrected chi connectivity index (χ0v) is 16.7. The van der Waals surface area contributed by atoms with E-state index in [1.54, 1.807) is 18.2 Å². The molecule has 1 heterocycles. The van der Waals surface area contributed by atoms with Gasteiger partial charge in [-0.05, 0) is 62.9 Å². The number of halogens is 2. The molecular formula is C21H24Cl2N2O2. The first-order chi connectivity index (χ1) is 13.0. The maximum Gasteiger partial charge on any atom is 0.258 e. The summed E-state index contributed by atoms with van der Waals surface area (Å²) in [5, 5.41) is 4.16. The van der Waals surface area contributed by atoms with Gasteiger partial charge in [0.15, 0.2) is 6.61 Å². The lowest BCUT2D eigenvalue weighted by Gasteiger charge is -2.57. The van der Waals surface area contributed by atoms with Crippen LogP contribution in [0.1, 0.15) is 38.5 Å². The minimum Gasteiger partial charge on any atom is -0.484 e. The number of fused-ring (bicyclic) bond motifs is 3. The van der Waals surface area contributed by atoms with Crippen LogP contribution in [0, 0.1) is 0 Å². The zero-order chi connectivity index (χ0) is 18.9. The lowest BCUT2D eigenvalue weighted by atomic mass is 9.60. The minimum absolute atomic E-state index is 0.00941. The van der Waals surface area contributed by atoms with E-state index in [-0.39, 0.29) is 23.6 Å². The average Bonchev–Trinajstić information content (AvgIpc) is 2.71. The maximum atomic E-state index is 12.5. The van der Waals surface area contributed by atoms with Gasteiger partial charge in [0.1, 0.15) is 5.75 Å². The second-order valence-corrected chi connectivity index (χ2v) is 8.65. The summed E-state index contributed by atoms with van der Waals surface area (Å²) in [6, 6.07) is 5.02. The highest BCUT2D eigenvalue weighted by molar-refractivity contribution is 6.42. The van der Waals surface area contributed by atoms with Crippen LogP contribution in [0.5, 0.6) is 5.75 Å². The van der Waals surface area contributed by atoms with Crippen molar-refractivity contribution in [3.05, 3.63) is 52.7 Å². The van der Waals surface area contributed by atoms with Crippen molar-refractivity contribution >= 4 is 29.1 Å². The summed E-state index contributed by atoms with van der Waals surface area (Å²) < 4.78 is 5.58. The highest BCUT2D eigenvalue weighted by Crippen LogP contribution is 2.50. The van der Waals surface area contributed by atoms with E-state index in [0.29, 0.717) is 15.8 Å². The summed E-state index contributed by atoms with van der Waals surface area (Å²) in [6.45, 7) is 0.984. The molecule has 3 fully saturated rings. The van der Waals surface area contributed by atoms with E-state index in [4.69, 9.17) is 27.9 Å². The van der Waals surface area contributed by atoms with Crippen LogP contribution in [0.2, 0.25) is 10.0 Å². The number of hydrogen-bond donors (Lipinski definition) is 1. The van der Waals surface area contributed by atoms with E-state index >= 15 is 0 Å². The fourth-order valence-electron chi connectivity index (χ4n) is 4.65. The van der Waals surface area contributed by atoms with Crippen LogP contribution in [-0.4, -0.2) is 35.0 Å². The Morgan fingerprint density at radius 1 is 1.07 bits per heavy atom. The van der Waals surface area contributed by atoms with Gasteiger partial charge in [0, 0.05) is 23.7 Å². The third-order valence-corrected chi connectivity index (χ3v) is 7.04. The summed E-state index contributed by atoms with van der Waals surface area (Å²) in [5.74, 6) is 0.476. The van der Waals surface area contributed by atoms with Gasteiger partial charge >= 0.3 is 0 Å². The lowest BCUT2D eigenvalue weighted by molar-refractivity contribution is -0.127. The van der Waals surface area contributed by atoms with Crippen molar-refractivity contribution in [1.82, 2.24) is 10.2 Å². The van der Waals surface area contributed by atoms with Crippen molar-refractivity contribution < 1.29 is 9.53 Å². The molecule has 144 valence electrons. The largest absolute Gasteiger partial charge is 0.484 e. The second-order valence-electron chi connectivity index (χ2n) is 7.84. The summed E-state index contributed by atoms with van der Waals surface area (Å²) >= 11 is 11.9. The fraction of sp³-hybridized carbons (Fsp3) is 0.476. The van der Waals surface area contributed by atoms with Gasteiger partial charge in [-0.3, -0.25) is 4.79 Å². The number of carbonyl (C=O) groups excluding carboxylic acids is 1. The minimum atomic E-state index is -0.0742. The topological polar surface area (TPSA) is 41.6 Å². The summed E-state index contributed by atoms with van der Waals surface area (Å²) in [4.78, 5) is 15.0. The molecule has 6 heteroatoms. The lowest BCUT2D eigenvalue weighted by Crippen LogP contribution is -2.63. The summed E-state index contributed by atoms with van der Waals surface area (Å²) in [7, 11) is 0. The van der Waals surface area contributed by atoms with Gasteiger partial charge in [-0.1, -0.05) is 35.4 Å². The Kier molecular flexibility index (Phi) is 5.13. The molecule has 1 aromatic rings. The van der Waals surface area contributed by atoms with Crippen molar-refractivity contribution in [3.8, 4) is 5.75 Å². The van der Waals surface area contributed by atoms with Gasteiger partial charge in [-0.25, -0.2) is 0 Å². The standard InChI is InChI=1S/C21H24Cl2N2O2/c22-17-5-4-16(14-18(17)23)27-15-19(26)24-20-6-9-21(10-7-20,11-8-20)25-12-2-1-3-13-25/h1-5,12,14H,6-11,13,15H2,(H,24,26). The number of allylic oxidation sites excluding steroid dienone is 2. The number of nitrogens with one attached hydrogen (secondary N) is 1. The Morgan fingerprint density at radius 2 is 1.81 bits per heavy atom. The highest BCUT2D eigenvalue weighted by atomic mass is 35.5. The number of hydrogen-bond acceptors (Lipinski definition) is 3. The first-order valence-corrected chi connectivity index (χ1v) is 10.3. The molecule has 3 aliphatic carbocycles. The highest BCUT2D eigenvalue weighted by Gasteiger charge is 2.51. The van der Waals surface area contributed by atoms with E-state index in [2.05, 4.69) is 34.6 Å². The number of nitrogens with zero attached hydrogens (tertiary/aromatic N) is 1. The number of benzene rings is 1. The van der Waals surface area contributed by atoms with Crippen LogP contribution in [-0.2, 0) is 4.79 Å². The Bertz CT molecular complexity index is 766. The smallest absolute Gasteiger partial charge is 0.258 e. The molecule has 0 aromatic heterocycles. The zero-order valence-electron chi connectivity index (χ0n) is 15.2. The molecule has 27 heavy (non-hydrogen) atoms. The van der Waals surface area contributed by atoms with E-state index in [0.717, 1.165) is 45.1 Å². The SMILES string of the molecule is O=C(COc1ccc(Cl)c(Cl)c1)NC12CCC(N3C=CC=CC3)(CC1)CC2. The molecule has 3 saturated carbocycles. The Balaban J connectivity index is 1.31. The number of carbonyl (C=O) groups is 1. The molecule has 5 rings (SSSR count). The first-order valence-electron chi connectivity index (χ1n) is 9.49. The van der Waals surface area contributed by atoms with E-state index in [1.807, 2.05) is 0 Å². The second kappa shape index (κ2) is 7.40. The molecule has 0 atom stereocenters. The van der Waals surface area contributed by atoms with Gasteiger partial charge in [0.05, 0.1) is 10.0 Å². The molecule has 1 N–H and O–H groups in total. The van der Waals surface area contributed by atoms with Gasteiger partial charge in [0.25, 0.3) is 5.91 Å². The monoisotopic (exact) mass is 406 g/mol. The fourth-order valence-corrected chi connectivity index (χ4v) is 4.94. The van der Waals surface area contributed by atoms with Crippen molar-refractivity contribution in [1.29, 1.82) is 0 Å². The van der Waals surface area contributed by atoms with E-state index in [9.17, 15) is 4.79 Å². The number of ether oxygens (including phenoxy) is 1. The van der Waals surface area contributed by atoms with Crippen LogP contribution in [0.15, 0.2) is 42.6 Å². The predicted octanol–water partition coefficient (Wildman–Crippen LogP) is 4.72. The van der Waals surface area contributed by atoms with Crippen molar-refractivity contribution in [2.75, 3.05) is 13.2 Å². The Hall–Kier alpha value is -1.65. The normalized spacial score (nSPS) is 29.0. The van der Waals surface area contributed by atoms with Gasteiger partial charge in [-0.15, -0.1) is 0 Å². The van der Waals surface area contributed by atoms with Crippen molar-refractivity contribution in [3.63, 3.8) is 0 Å². The van der Waals surface area contributed by atoms with Crippen LogP contribution < -0.4 is 10.1 Å². The molecule has 1 amide bonds. The Morgan fingerprint density at radius 3 is 2.44 bits per heavy atom. The van der Waals surface area contributed by atoms with Crippen molar-refractivity contribution in [2.24, 2.45) is 0 Å². The number of amides is 1. The van der Waals surface area contributed by atoms with Crippen LogP contribution in [0.3, 0.4) is 0 Å². The third-order valence-electron chi connectivity index (χ3n) is 6.30. The Labute approximate surface area is 170 Å². The molecule has 1 aliphatic heterocycles. The van der Waals surface area contributed by atoms with Gasteiger partial charge in [-0.2, -0.15) is 0 Å². The summed E-state index contributed by atoms with van der Waals surface area (Å²) in [6.07, 6.45) is 15.1. The van der Waals surface area contributed by atoms with Gasteiger partial charge < -0.3 is 15.0 Å². The summed E-state index contributed by atoms with van der Waals surface area (Å²) in [5.41, 5.74) is 0.194. The molecule has 1 aromatic carbocycles. The molecule has 4 nitrogen and oxygen atoms in total. The molecule has 4 aliphatic rings. The van der Waals surface area contributed by atoms with Crippen LogP contribution in [0.4, 0.5) is 0 Å². The molecule has 0 radical (unpaired) electrons. The molecule has 0 unspecified atom stereocenters. The van der Waals surface area contributed by atoms with Gasteiger partial charge in [0.2, 0.25) is 0 Å². The molecule has 2 bridgehead atoms.